The minimum absolute atomic E-state index is 0.302. The van der Waals surface area contributed by atoms with Gasteiger partial charge in [-0.05, 0) is 44.9 Å². The van der Waals surface area contributed by atoms with Crippen LogP contribution in [0.15, 0.2) is 18.2 Å². The molecular formula is C14H19NO3. The van der Waals surface area contributed by atoms with Crippen LogP contribution in [0.3, 0.4) is 0 Å². The molecule has 2 aliphatic rings. The molecule has 0 saturated heterocycles. The molecule has 3 rings (SSSR count). The largest absolute Gasteiger partial charge is 0.490 e. The lowest BCUT2D eigenvalue weighted by atomic mass is 9.93. The Balaban J connectivity index is 1.65. The molecule has 98 valence electrons. The van der Waals surface area contributed by atoms with Crippen LogP contribution >= 0.6 is 0 Å². The molecule has 4 heteroatoms. The van der Waals surface area contributed by atoms with Gasteiger partial charge in [-0.1, -0.05) is 0 Å². The van der Waals surface area contributed by atoms with E-state index in [9.17, 15) is 0 Å². The summed E-state index contributed by atoms with van der Waals surface area (Å²) < 4.78 is 16.7. The van der Waals surface area contributed by atoms with Crippen LogP contribution in [0.5, 0.6) is 17.2 Å². The highest BCUT2D eigenvalue weighted by Crippen LogP contribution is 2.36. The lowest BCUT2D eigenvalue weighted by Crippen LogP contribution is -2.36. The number of benzene rings is 1. The third-order valence-electron chi connectivity index (χ3n) is 3.68. The number of nitrogens with one attached hydrogen (secondary N) is 1. The Kier molecular flexibility index (Phi) is 3.28. The fraction of sp³-hybridized carbons (Fsp3) is 0.571. The minimum Gasteiger partial charge on any atom is -0.490 e. The maximum atomic E-state index is 6.04. The Morgan fingerprint density at radius 1 is 1.22 bits per heavy atom. The smallest absolute Gasteiger partial charge is 0.231 e. The minimum atomic E-state index is 0.302. The predicted molar refractivity (Wildman–Crippen MR) is 68.3 cm³/mol. The molecular weight excluding hydrogens is 230 g/mol. The average Bonchev–Trinajstić information content (AvgIpc) is 2.86. The van der Waals surface area contributed by atoms with E-state index >= 15 is 0 Å². The van der Waals surface area contributed by atoms with Crippen molar-refractivity contribution < 1.29 is 14.2 Å². The van der Waals surface area contributed by atoms with E-state index in [-0.39, 0.29) is 0 Å². The summed E-state index contributed by atoms with van der Waals surface area (Å²) in [6.45, 7) is 0.310. The van der Waals surface area contributed by atoms with E-state index in [0.29, 0.717) is 18.9 Å². The third-order valence-corrected chi connectivity index (χ3v) is 3.68. The molecule has 1 N–H and O–H groups in total. The van der Waals surface area contributed by atoms with Crippen molar-refractivity contribution in [3.8, 4) is 17.2 Å². The van der Waals surface area contributed by atoms with Gasteiger partial charge in [0.05, 0.1) is 0 Å². The first kappa shape index (κ1) is 11.7. The second-order valence-corrected chi connectivity index (χ2v) is 4.91. The lowest BCUT2D eigenvalue weighted by molar-refractivity contribution is 0.136. The van der Waals surface area contributed by atoms with Gasteiger partial charge in [0.1, 0.15) is 11.9 Å². The average molecular weight is 249 g/mol. The predicted octanol–water partition coefficient (Wildman–Crippen LogP) is 2.32. The molecule has 0 aromatic heterocycles. The highest BCUT2D eigenvalue weighted by atomic mass is 16.7. The molecule has 1 aromatic carbocycles. The molecule has 0 amide bonds. The van der Waals surface area contributed by atoms with Crippen LogP contribution < -0.4 is 19.5 Å². The Hall–Kier alpha value is -1.42. The molecule has 1 fully saturated rings. The van der Waals surface area contributed by atoms with Crippen molar-refractivity contribution in [1.82, 2.24) is 5.32 Å². The molecule has 1 aromatic rings. The zero-order valence-corrected chi connectivity index (χ0v) is 10.6. The zero-order valence-electron chi connectivity index (χ0n) is 10.6. The number of rotatable bonds is 3. The normalized spacial score (nSPS) is 26.1. The van der Waals surface area contributed by atoms with Gasteiger partial charge in [-0.15, -0.1) is 0 Å². The standard InChI is InChI=1S/C14H19NO3/c1-15-10-3-2-4-11(7-10)18-12-5-6-13-14(8-12)17-9-16-13/h5-6,8,10-11,15H,2-4,7,9H2,1H3. The van der Waals surface area contributed by atoms with E-state index in [1.807, 2.05) is 25.2 Å². The molecule has 1 aliphatic heterocycles. The van der Waals surface area contributed by atoms with E-state index in [1.54, 1.807) is 0 Å². The molecule has 0 bridgehead atoms. The van der Waals surface area contributed by atoms with E-state index in [2.05, 4.69) is 5.32 Å². The Morgan fingerprint density at radius 3 is 3.00 bits per heavy atom. The van der Waals surface area contributed by atoms with Crippen LogP contribution in [0.4, 0.5) is 0 Å². The van der Waals surface area contributed by atoms with E-state index in [0.717, 1.165) is 30.1 Å². The molecule has 2 unspecified atom stereocenters. The highest BCUT2D eigenvalue weighted by Gasteiger charge is 2.23. The van der Waals surface area contributed by atoms with Gasteiger partial charge in [-0.3, -0.25) is 0 Å². The summed E-state index contributed by atoms with van der Waals surface area (Å²) in [6.07, 6.45) is 4.98. The van der Waals surface area contributed by atoms with Crippen LogP contribution in [0, 0.1) is 0 Å². The van der Waals surface area contributed by atoms with Gasteiger partial charge in [0.2, 0.25) is 6.79 Å². The first-order valence-electron chi connectivity index (χ1n) is 6.59. The van der Waals surface area contributed by atoms with Crippen molar-refractivity contribution in [2.75, 3.05) is 13.8 Å². The Morgan fingerprint density at radius 2 is 2.11 bits per heavy atom. The summed E-state index contributed by atoms with van der Waals surface area (Å²) in [5.74, 6) is 2.47. The summed E-state index contributed by atoms with van der Waals surface area (Å²) in [6, 6.07) is 6.37. The van der Waals surface area contributed by atoms with Crippen LogP contribution in [0.2, 0.25) is 0 Å². The van der Waals surface area contributed by atoms with Gasteiger partial charge in [0.15, 0.2) is 11.5 Å². The van der Waals surface area contributed by atoms with E-state index in [4.69, 9.17) is 14.2 Å². The second kappa shape index (κ2) is 5.06. The Labute approximate surface area is 107 Å². The number of hydrogen-bond donors (Lipinski definition) is 1. The van der Waals surface area contributed by atoms with Gasteiger partial charge in [0, 0.05) is 12.1 Å². The van der Waals surface area contributed by atoms with Crippen molar-refractivity contribution in [1.29, 1.82) is 0 Å². The first-order valence-corrected chi connectivity index (χ1v) is 6.59. The summed E-state index contributed by atoms with van der Waals surface area (Å²) in [5, 5.41) is 3.34. The molecule has 0 radical (unpaired) electrons. The molecule has 0 spiro atoms. The van der Waals surface area contributed by atoms with Crippen molar-refractivity contribution in [2.24, 2.45) is 0 Å². The highest BCUT2D eigenvalue weighted by molar-refractivity contribution is 5.46. The summed E-state index contributed by atoms with van der Waals surface area (Å²) in [5.41, 5.74) is 0. The molecule has 4 nitrogen and oxygen atoms in total. The Bertz CT molecular complexity index is 422. The van der Waals surface area contributed by atoms with E-state index < -0.39 is 0 Å². The SMILES string of the molecule is CNC1CCCC(Oc2ccc3c(c2)OCO3)C1. The van der Waals surface area contributed by atoms with Crippen LogP contribution in [-0.4, -0.2) is 26.0 Å². The number of fused-ring (bicyclic) bond motifs is 1. The maximum Gasteiger partial charge on any atom is 0.231 e. The molecule has 1 aliphatic carbocycles. The lowest BCUT2D eigenvalue weighted by Gasteiger charge is -2.29. The topological polar surface area (TPSA) is 39.7 Å². The van der Waals surface area contributed by atoms with Gasteiger partial charge in [-0.2, -0.15) is 0 Å². The van der Waals surface area contributed by atoms with Gasteiger partial charge < -0.3 is 19.5 Å². The van der Waals surface area contributed by atoms with Crippen LogP contribution in [0.25, 0.3) is 0 Å². The fourth-order valence-electron chi connectivity index (χ4n) is 2.66. The quantitative estimate of drug-likeness (QED) is 0.892. The van der Waals surface area contributed by atoms with Crippen molar-refractivity contribution in [2.45, 2.75) is 37.8 Å². The van der Waals surface area contributed by atoms with Crippen molar-refractivity contribution >= 4 is 0 Å². The van der Waals surface area contributed by atoms with Gasteiger partial charge >= 0.3 is 0 Å². The molecule has 2 atom stereocenters. The van der Waals surface area contributed by atoms with E-state index in [1.165, 1.54) is 12.8 Å². The number of hydrogen-bond acceptors (Lipinski definition) is 4. The first-order chi connectivity index (χ1) is 8.85. The zero-order chi connectivity index (χ0) is 12.4. The van der Waals surface area contributed by atoms with Gasteiger partial charge in [0.25, 0.3) is 0 Å². The van der Waals surface area contributed by atoms with Crippen LogP contribution in [0.1, 0.15) is 25.7 Å². The fourth-order valence-corrected chi connectivity index (χ4v) is 2.66. The van der Waals surface area contributed by atoms with Crippen LogP contribution in [-0.2, 0) is 0 Å². The van der Waals surface area contributed by atoms with Gasteiger partial charge in [-0.25, -0.2) is 0 Å². The molecule has 1 saturated carbocycles. The van der Waals surface area contributed by atoms with Crippen molar-refractivity contribution in [3.63, 3.8) is 0 Å². The number of ether oxygens (including phenoxy) is 3. The molecule has 1 heterocycles. The third kappa shape index (κ3) is 2.38. The second-order valence-electron chi connectivity index (χ2n) is 4.91. The monoisotopic (exact) mass is 249 g/mol. The summed E-state index contributed by atoms with van der Waals surface area (Å²) in [7, 11) is 2.02. The summed E-state index contributed by atoms with van der Waals surface area (Å²) in [4.78, 5) is 0. The molecule has 18 heavy (non-hydrogen) atoms. The summed E-state index contributed by atoms with van der Waals surface area (Å²) >= 11 is 0. The maximum absolute atomic E-state index is 6.04. The van der Waals surface area contributed by atoms with Crippen molar-refractivity contribution in [3.05, 3.63) is 18.2 Å².